The lowest BCUT2D eigenvalue weighted by Gasteiger charge is -2.12. The second kappa shape index (κ2) is 8.03. The molecule has 6 nitrogen and oxygen atoms in total. The number of methoxy groups -OCH3 is 2. The van der Waals surface area contributed by atoms with Gasteiger partial charge in [0.15, 0.2) is 0 Å². The predicted octanol–water partition coefficient (Wildman–Crippen LogP) is 2.43. The van der Waals surface area contributed by atoms with E-state index in [4.69, 9.17) is 14.2 Å². The molecule has 1 aromatic heterocycles. The molecule has 122 valence electrons. The third-order valence-corrected chi connectivity index (χ3v) is 3.23. The van der Waals surface area contributed by atoms with Crippen molar-refractivity contribution >= 4 is 5.91 Å². The van der Waals surface area contributed by atoms with Crippen molar-refractivity contribution in [1.82, 2.24) is 10.3 Å². The van der Waals surface area contributed by atoms with Crippen molar-refractivity contribution in [2.24, 2.45) is 0 Å². The van der Waals surface area contributed by atoms with E-state index in [1.165, 1.54) is 0 Å². The van der Waals surface area contributed by atoms with Gasteiger partial charge in [-0.3, -0.25) is 4.79 Å². The molecule has 2 aromatic rings. The fourth-order valence-electron chi connectivity index (χ4n) is 2.08. The van der Waals surface area contributed by atoms with Crippen LogP contribution in [0.15, 0.2) is 36.5 Å². The normalized spacial score (nSPS) is 10.0. The van der Waals surface area contributed by atoms with Gasteiger partial charge in [0.2, 0.25) is 5.88 Å². The molecule has 6 heteroatoms. The van der Waals surface area contributed by atoms with E-state index < -0.39 is 0 Å². The summed E-state index contributed by atoms with van der Waals surface area (Å²) >= 11 is 0. The van der Waals surface area contributed by atoms with Crippen LogP contribution in [0.3, 0.4) is 0 Å². The van der Waals surface area contributed by atoms with E-state index in [2.05, 4.69) is 10.3 Å². The summed E-state index contributed by atoms with van der Waals surface area (Å²) in [7, 11) is 3.17. The summed E-state index contributed by atoms with van der Waals surface area (Å²) in [4.78, 5) is 16.4. The SMILES string of the molecule is CCOc1ncccc1C(=O)NCc1ccc(OC)cc1OC. The largest absolute Gasteiger partial charge is 0.497 e. The molecule has 0 aliphatic carbocycles. The van der Waals surface area contributed by atoms with Crippen molar-refractivity contribution in [3.05, 3.63) is 47.7 Å². The van der Waals surface area contributed by atoms with Crippen LogP contribution in [0, 0.1) is 0 Å². The van der Waals surface area contributed by atoms with Gasteiger partial charge in [0.1, 0.15) is 17.1 Å². The van der Waals surface area contributed by atoms with Crippen molar-refractivity contribution < 1.29 is 19.0 Å². The molecular formula is C17H20N2O4. The smallest absolute Gasteiger partial charge is 0.257 e. The molecule has 23 heavy (non-hydrogen) atoms. The molecule has 0 saturated carbocycles. The minimum atomic E-state index is -0.251. The summed E-state index contributed by atoms with van der Waals surface area (Å²) in [6.07, 6.45) is 1.59. The fraction of sp³-hybridized carbons (Fsp3) is 0.294. The van der Waals surface area contributed by atoms with Gasteiger partial charge in [0.05, 0.1) is 20.8 Å². The van der Waals surface area contributed by atoms with E-state index in [1.54, 1.807) is 38.6 Å². The van der Waals surface area contributed by atoms with Crippen LogP contribution in [0.4, 0.5) is 0 Å². The van der Waals surface area contributed by atoms with Gasteiger partial charge in [0.25, 0.3) is 5.91 Å². The van der Waals surface area contributed by atoms with Crippen molar-refractivity contribution in [1.29, 1.82) is 0 Å². The molecule has 1 N–H and O–H groups in total. The summed E-state index contributed by atoms with van der Waals surface area (Å²) in [6.45, 7) is 2.62. The first-order valence-corrected chi connectivity index (χ1v) is 7.26. The maximum atomic E-state index is 12.3. The first kappa shape index (κ1) is 16.6. The van der Waals surface area contributed by atoms with Crippen LogP contribution in [-0.4, -0.2) is 31.7 Å². The summed E-state index contributed by atoms with van der Waals surface area (Å²) in [5.74, 6) is 1.43. The highest BCUT2D eigenvalue weighted by atomic mass is 16.5. The Morgan fingerprint density at radius 2 is 2.04 bits per heavy atom. The van der Waals surface area contributed by atoms with E-state index in [1.807, 2.05) is 19.1 Å². The molecule has 1 aromatic carbocycles. The molecule has 2 rings (SSSR count). The van der Waals surface area contributed by atoms with E-state index in [-0.39, 0.29) is 5.91 Å². The number of benzene rings is 1. The zero-order chi connectivity index (χ0) is 16.7. The zero-order valence-electron chi connectivity index (χ0n) is 13.5. The van der Waals surface area contributed by atoms with Gasteiger partial charge >= 0.3 is 0 Å². The summed E-state index contributed by atoms with van der Waals surface area (Å²) in [6, 6.07) is 8.82. The molecule has 0 radical (unpaired) electrons. The number of ether oxygens (including phenoxy) is 3. The molecule has 0 spiro atoms. The number of nitrogens with one attached hydrogen (secondary N) is 1. The van der Waals surface area contributed by atoms with Crippen LogP contribution in [0.25, 0.3) is 0 Å². The standard InChI is InChI=1S/C17H20N2O4/c1-4-23-17-14(6-5-9-18-17)16(20)19-11-12-7-8-13(21-2)10-15(12)22-3/h5-10H,4,11H2,1-3H3,(H,19,20). The molecule has 0 saturated heterocycles. The van der Waals surface area contributed by atoms with Crippen LogP contribution in [0.1, 0.15) is 22.8 Å². The number of aromatic nitrogens is 1. The quantitative estimate of drug-likeness (QED) is 0.849. The van der Waals surface area contributed by atoms with E-state index in [9.17, 15) is 4.79 Å². The minimum absolute atomic E-state index is 0.251. The van der Waals surface area contributed by atoms with Gasteiger partial charge in [-0.15, -0.1) is 0 Å². The lowest BCUT2D eigenvalue weighted by molar-refractivity contribution is 0.0946. The number of pyridine rings is 1. The van der Waals surface area contributed by atoms with Crippen molar-refractivity contribution in [3.63, 3.8) is 0 Å². The van der Waals surface area contributed by atoms with Gasteiger partial charge in [-0.25, -0.2) is 4.98 Å². The number of nitrogens with zero attached hydrogens (tertiary/aromatic N) is 1. The van der Waals surface area contributed by atoms with Crippen LogP contribution >= 0.6 is 0 Å². The van der Waals surface area contributed by atoms with Crippen LogP contribution in [-0.2, 0) is 6.54 Å². The van der Waals surface area contributed by atoms with E-state index in [0.717, 1.165) is 5.56 Å². The number of rotatable bonds is 7. The Balaban J connectivity index is 2.10. The average molecular weight is 316 g/mol. The van der Waals surface area contributed by atoms with Crippen LogP contribution in [0.5, 0.6) is 17.4 Å². The van der Waals surface area contributed by atoms with Crippen LogP contribution < -0.4 is 19.5 Å². The molecule has 0 bridgehead atoms. The Morgan fingerprint density at radius 1 is 1.22 bits per heavy atom. The molecule has 1 heterocycles. The van der Waals surface area contributed by atoms with Gasteiger partial charge in [-0.2, -0.15) is 0 Å². The van der Waals surface area contributed by atoms with Gasteiger partial charge in [-0.05, 0) is 31.2 Å². The number of amides is 1. The lowest BCUT2D eigenvalue weighted by atomic mass is 10.1. The third-order valence-electron chi connectivity index (χ3n) is 3.23. The summed E-state index contributed by atoms with van der Waals surface area (Å²) in [5, 5.41) is 2.85. The molecule has 0 unspecified atom stereocenters. The second-order valence-electron chi connectivity index (χ2n) is 4.65. The molecule has 1 amide bonds. The molecule has 0 aliphatic rings. The van der Waals surface area contributed by atoms with Gasteiger partial charge in [0, 0.05) is 24.4 Å². The summed E-state index contributed by atoms with van der Waals surface area (Å²) < 4.78 is 15.8. The molecular weight excluding hydrogens is 296 g/mol. The molecule has 0 atom stereocenters. The predicted molar refractivity (Wildman–Crippen MR) is 86.1 cm³/mol. The van der Waals surface area contributed by atoms with E-state index in [0.29, 0.717) is 36.1 Å². The van der Waals surface area contributed by atoms with Crippen molar-refractivity contribution in [2.45, 2.75) is 13.5 Å². The highest BCUT2D eigenvalue weighted by molar-refractivity contribution is 5.96. The topological polar surface area (TPSA) is 69.7 Å². The monoisotopic (exact) mass is 316 g/mol. The number of carbonyl (C=O) groups is 1. The van der Waals surface area contributed by atoms with Crippen molar-refractivity contribution in [3.8, 4) is 17.4 Å². The van der Waals surface area contributed by atoms with Crippen molar-refractivity contribution in [2.75, 3.05) is 20.8 Å². The highest BCUT2D eigenvalue weighted by Crippen LogP contribution is 2.24. The third kappa shape index (κ3) is 4.12. The van der Waals surface area contributed by atoms with Gasteiger partial charge < -0.3 is 19.5 Å². The maximum Gasteiger partial charge on any atom is 0.257 e. The Kier molecular flexibility index (Phi) is 5.80. The van der Waals surface area contributed by atoms with Crippen LogP contribution in [0.2, 0.25) is 0 Å². The van der Waals surface area contributed by atoms with E-state index >= 15 is 0 Å². The Hall–Kier alpha value is -2.76. The molecule has 0 aliphatic heterocycles. The Morgan fingerprint density at radius 3 is 2.74 bits per heavy atom. The first-order valence-electron chi connectivity index (χ1n) is 7.26. The second-order valence-corrected chi connectivity index (χ2v) is 4.65. The van der Waals surface area contributed by atoms with Gasteiger partial charge in [-0.1, -0.05) is 0 Å². The highest BCUT2D eigenvalue weighted by Gasteiger charge is 2.14. The number of hydrogen-bond donors (Lipinski definition) is 1. The Bertz CT molecular complexity index is 673. The minimum Gasteiger partial charge on any atom is -0.497 e. The zero-order valence-corrected chi connectivity index (χ0v) is 13.5. The number of hydrogen-bond acceptors (Lipinski definition) is 5. The molecule has 0 fully saturated rings. The maximum absolute atomic E-state index is 12.3. The fourth-order valence-corrected chi connectivity index (χ4v) is 2.08. The lowest BCUT2D eigenvalue weighted by Crippen LogP contribution is -2.24. The summed E-state index contributed by atoms with van der Waals surface area (Å²) in [5.41, 5.74) is 1.25. The Labute approximate surface area is 135 Å². The first-order chi connectivity index (χ1) is 11.2. The number of carbonyl (C=O) groups excluding carboxylic acids is 1. The average Bonchev–Trinajstić information content (AvgIpc) is 2.60.